The van der Waals surface area contributed by atoms with Gasteiger partial charge in [-0.15, -0.1) is 0 Å². The lowest BCUT2D eigenvalue weighted by molar-refractivity contribution is -0.316. The van der Waals surface area contributed by atoms with E-state index in [0.29, 0.717) is 19.7 Å². The molecule has 0 aromatic heterocycles. The van der Waals surface area contributed by atoms with Gasteiger partial charge in [-0.05, 0) is 5.56 Å². The van der Waals surface area contributed by atoms with Gasteiger partial charge in [-0.3, -0.25) is 19.6 Å². The zero-order valence-electron chi connectivity index (χ0n) is 20.8. The van der Waals surface area contributed by atoms with Gasteiger partial charge in [0, 0.05) is 78.3 Å². The number of β-amino-alcohol motifs (C(OH)–C–C–N with tert-alkyl or cyclic N) is 1. The summed E-state index contributed by atoms with van der Waals surface area (Å²) in [6.07, 6.45) is -1.58. The summed E-state index contributed by atoms with van der Waals surface area (Å²) in [6.45, 7) is 1.62. The average molecular weight is 543 g/mol. The first kappa shape index (κ1) is 31.3. The lowest BCUT2D eigenvalue weighted by atomic mass is 10.2. The highest BCUT2D eigenvalue weighted by Crippen LogP contribution is 2.24. The monoisotopic (exact) mass is 542 g/mol. The lowest BCUT2D eigenvalue weighted by Gasteiger charge is -2.39. The highest BCUT2D eigenvalue weighted by molar-refractivity contribution is 7.48. The van der Waals surface area contributed by atoms with Gasteiger partial charge in [-0.25, -0.2) is 0 Å². The number of rotatable bonds is 12. The molecule has 0 spiro atoms. The topological polar surface area (TPSA) is 186 Å². The molecule has 0 amide bonds. The summed E-state index contributed by atoms with van der Waals surface area (Å²) in [4.78, 5) is 51.6. The van der Waals surface area contributed by atoms with E-state index in [4.69, 9.17) is 4.74 Å². The average Bonchev–Trinajstić information content (AvgIpc) is 2.80. The van der Waals surface area contributed by atoms with Crippen LogP contribution >= 0.6 is 7.60 Å². The lowest BCUT2D eigenvalue weighted by Crippen LogP contribution is -2.51. The van der Waals surface area contributed by atoms with E-state index in [-0.39, 0.29) is 65.5 Å². The molecule has 0 bridgehead atoms. The van der Waals surface area contributed by atoms with Crippen LogP contribution in [0.4, 0.5) is 0 Å². The Bertz CT molecular complexity index is 841. The number of aliphatic carboxylic acids is 2. The Morgan fingerprint density at radius 3 is 1.76 bits per heavy atom. The Morgan fingerprint density at radius 2 is 1.30 bits per heavy atom. The molecule has 210 valence electrons. The van der Waals surface area contributed by atoms with Crippen LogP contribution in [0.2, 0.25) is 0 Å². The molecule has 1 fully saturated rings. The van der Waals surface area contributed by atoms with E-state index in [1.807, 2.05) is 35.2 Å². The van der Waals surface area contributed by atoms with Crippen molar-refractivity contribution in [1.29, 1.82) is 0 Å². The molecule has 1 N–H and O–H groups in total. The Morgan fingerprint density at radius 1 is 0.838 bits per heavy atom. The summed E-state index contributed by atoms with van der Waals surface area (Å²) in [5.41, 5.74) is 0.969. The van der Waals surface area contributed by atoms with Crippen LogP contribution in [-0.2, 0) is 25.5 Å². The fourth-order valence-corrected chi connectivity index (χ4v) is 4.84. The summed E-state index contributed by atoms with van der Waals surface area (Å²) in [5.74, 6) is -2.59. The number of ether oxygens (including phenoxy) is 1. The van der Waals surface area contributed by atoms with Crippen LogP contribution in [0.1, 0.15) is 5.56 Å². The standard InChI is InChI=1S/C23H39N4O9P/c28-21(18-36-17-20-4-2-1-3-5-20)14-24-6-8-25(15-22(29)30)10-12-27(19-37(33,34)35)13-11-26(9-7-24)16-23(31)32/h1-5,21,28H,6-19H2,(H,29,30)(H,31,32)(H2,33,34,35)/p-4. The minimum atomic E-state index is -4.88. The van der Waals surface area contributed by atoms with Gasteiger partial charge in [0.2, 0.25) is 0 Å². The maximum absolute atomic E-state index is 11.3. The third-order valence-corrected chi connectivity index (χ3v) is 6.65. The number of hydrogen-bond acceptors (Lipinski definition) is 13. The van der Waals surface area contributed by atoms with Crippen molar-refractivity contribution in [3.05, 3.63) is 35.9 Å². The molecule has 1 unspecified atom stereocenters. The van der Waals surface area contributed by atoms with Gasteiger partial charge in [0.15, 0.2) is 0 Å². The van der Waals surface area contributed by atoms with E-state index in [0.717, 1.165) is 5.56 Å². The zero-order valence-corrected chi connectivity index (χ0v) is 21.7. The van der Waals surface area contributed by atoms with E-state index in [9.17, 15) is 39.3 Å². The molecule has 1 aromatic rings. The van der Waals surface area contributed by atoms with E-state index in [2.05, 4.69) is 0 Å². The molecule has 1 saturated heterocycles. The van der Waals surface area contributed by atoms with Gasteiger partial charge in [0.05, 0.1) is 31.3 Å². The zero-order chi connectivity index (χ0) is 27.3. The normalized spacial score (nSPS) is 19.1. The minimum Gasteiger partial charge on any atom is -0.810 e. The van der Waals surface area contributed by atoms with Crippen molar-refractivity contribution in [3.8, 4) is 0 Å². The number of benzene rings is 1. The first-order valence-corrected chi connectivity index (χ1v) is 13.8. The van der Waals surface area contributed by atoms with Crippen molar-refractivity contribution >= 4 is 19.5 Å². The molecule has 2 rings (SSSR count). The highest BCUT2D eigenvalue weighted by Gasteiger charge is 2.19. The number of carboxylic acids is 2. The van der Waals surface area contributed by atoms with Crippen LogP contribution in [0.15, 0.2) is 30.3 Å². The van der Waals surface area contributed by atoms with Crippen LogP contribution in [0.25, 0.3) is 0 Å². The summed E-state index contributed by atoms with van der Waals surface area (Å²) < 4.78 is 17.0. The highest BCUT2D eigenvalue weighted by atomic mass is 31.2. The fourth-order valence-electron chi connectivity index (χ4n) is 4.07. The van der Waals surface area contributed by atoms with Crippen LogP contribution < -0.4 is 20.0 Å². The van der Waals surface area contributed by atoms with E-state index in [1.54, 1.807) is 9.80 Å². The van der Waals surface area contributed by atoms with Gasteiger partial charge >= 0.3 is 0 Å². The molecule has 0 radical (unpaired) electrons. The van der Waals surface area contributed by atoms with Gasteiger partial charge in [-0.2, -0.15) is 0 Å². The largest absolute Gasteiger partial charge is 0.810 e. The van der Waals surface area contributed by atoms with Crippen molar-refractivity contribution < 1.29 is 44.0 Å². The molecular formula is C23H35N4O9P-4. The van der Waals surface area contributed by atoms with Crippen molar-refractivity contribution in [2.24, 2.45) is 0 Å². The maximum Gasteiger partial charge on any atom is 0.0900 e. The molecule has 1 aliphatic heterocycles. The van der Waals surface area contributed by atoms with Crippen molar-refractivity contribution in [2.45, 2.75) is 12.7 Å². The summed E-state index contributed by atoms with van der Waals surface area (Å²) >= 11 is 0. The molecular weight excluding hydrogens is 507 g/mol. The van der Waals surface area contributed by atoms with Crippen molar-refractivity contribution in [1.82, 2.24) is 19.6 Å². The van der Waals surface area contributed by atoms with Crippen molar-refractivity contribution in [3.63, 3.8) is 0 Å². The second kappa shape index (κ2) is 16.1. The van der Waals surface area contributed by atoms with Crippen LogP contribution in [0.3, 0.4) is 0 Å². The number of nitrogens with zero attached hydrogens (tertiary/aromatic N) is 4. The quantitative estimate of drug-likeness (QED) is 0.248. The third-order valence-electron chi connectivity index (χ3n) is 5.90. The summed E-state index contributed by atoms with van der Waals surface area (Å²) in [6, 6.07) is 9.50. The predicted octanol–water partition coefficient (Wildman–Crippen LogP) is -4.84. The second-order valence-electron chi connectivity index (χ2n) is 9.12. The van der Waals surface area contributed by atoms with Gasteiger partial charge in [0.25, 0.3) is 0 Å². The Labute approximate surface area is 217 Å². The Kier molecular flexibility index (Phi) is 13.6. The first-order valence-electron chi connectivity index (χ1n) is 12.1. The molecule has 0 saturated carbocycles. The minimum absolute atomic E-state index is 0.0797. The Hall–Kier alpha value is -1.93. The van der Waals surface area contributed by atoms with E-state index >= 15 is 0 Å². The first-order chi connectivity index (χ1) is 17.5. The van der Waals surface area contributed by atoms with Gasteiger partial charge in [-0.1, -0.05) is 37.9 Å². The number of aliphatic hydroxyl groups is 1. The predicted molar refractivity (Wildman–Crippen MR) is 125 cm³/mol. The molecule has 1 atom stereocenters. The third kappa shape index (κ3) is 14.6. The summed E-state index contributed by atoms with van der Waals surface area (Å²) in [5, 5.41) is 33.0. The molecule has 0 aliphatic carbocycles. The van der Waals surface area contributed by atoms with E-state index in [1.165, 1.54) is 4.90 Å². The number of carbonyl (C=O) groups excluding carboxylic acids is 2. The second-order valence-corrected chi connectivity index (χ2v) is 10.6. The smallest absolute Gasteiger partial charge is 0.0900 e. The molecule has 13 nitrogen and oxygen atoms in total. The van der Waals surface area contributed by atoms with Gasteiger partial charge in [0.1, 0.15) is 0 Å². The summed E-state index contributed by atoms with van der Waals surface area (Å²) in [7, 11) is -4.88. The van der Waals surface area contributed by atoms with Crippen LogP contribution in [0, 0.1) is 0 Å². The van der Waals surface area contributed by atoms with E-state index < -0.39 is 31.9 Å². The van der Waals surface area contributed by atoms with Crippen molar-refractivity contribution in [2.75, 3.05) is 84.9 Å². The SMILES string of the molecule is O=C([O-])CN1CCN(CC(O)COCc2ccccc2)CCN(CC(=O)[O-])CCN(CP(=O)([O-])[O-])CC1. The Balaban J connectivity index is 2.04. The number of hydrogen-bond donors (Lipinski definition) is 1. The number of carboxylic acid groups (broad SMARTS) is 2. The maximum atomic E-state index is 11.3. The van der Waals surface area contributed by atoms with Gasteiger partial charge < -0.3 is 44.0 Å². The van der Waals surface area contributed by atoms with Crippen LogP contribution in [0.5, 0.6) is 0 Å². The fraction of sp³-hybridized carbons (Fsp3) is 0.652. The molecule has 37 heavy (non-hydrogen) atoms. The molecule has 1 aromatic carbocycles. The molecule has 14 heteroatoms. The number of carbonyl (C=O) groups is 2. The molecule has 1 heterocycles. The molecule has 1 aliphatic rings. The van der Waals surface area contributed by atoms with Crippen LogP contribution in [-0.4, -0.2) is 128 Å². The number of aliphatic hydroxyl groups excluding tert-OH is 1.